The van der Waals surface area contributed by atoms with Gasteiger partial charge in [-0.25, -0.2) is 9.67 Å². The van der Waals surface area contributed by atoms with Gasteiger partial charge in [-0.2, -0.15) is 5.10 Å². The van der Waals surface area contributed by atoms with Crippen LogP contribution in [-0.4, -0.2) is 32.7 Å². The fraction of sp³-hybridized carbons (Fsp3) is 0.286. The van der Waals surface area contributed by atoms with Crippen LogP contribution in [0.15, 0.2) is 24.6 Å². The number of rotatable bonds is 3. The third kappa shape index (κ3) is 1.66. The van der Waals surface area contributed by atoms with Gasteiger partial charge in [-0.05, 0) is 0 Å². The highest BCUT2D eigenvalue weighted by molar-refractivity contribution is 5.70. The first-order chi connectivity index (χ1) is 6.38. The highest BCUT2D eigenvalue weighted by Crippen LogP contribution is 2.08. The van der Waals surface area contributed by atoms with E-state index in [2.05, 4.69) is 10.1 Å². The topological polar surface area (TPSA) is 60.2 Å². The molecule has 0 aliphatic carbocycles. The number of allylic oxidation sites excluding steroid dienone is 1. The average Bonchev–Trinajstić information content (AvgIpc) is 2.76. The molecule has 68 valence electrons. The molecule has 1 aliphatic heterocycles. The van der Waals surface area contributed by atoms with Gasteiger partial charge >= 0.3 is 0 Å². The number of nitrogens with zero attached hydrogens (tertiary/aromatic N) is 4. The molecule has 6 nitrogen and oxygen atoms in total. The first-order valence-corrected chi connectivity index (χ1v) is 3.75. The van der Waals surface area contributed by atoms with Crippen LogP contribution in [0.5, 0.6) is 0 Å². The van der Waals surface area contributed by atoms with Crippen LogP contribution in [0.4, 0.5) is 0 Å². The molecule has 2 rings (SSSR count). The molecule has 0 fully saturated rings. The zero-order valence-electron chi connectivity index (χ0n) is 6.83. The summed E-state index contributed by atoms with van der Waals surface area (Å²) in [6, 6.07) is 0. The average molecular weight is 180 g/mol. The second-order valence-corrected chi connectivity index (χ2v) is 2.59. The maximum atomic E-state index is 10.3. The molecule has 2 heterocycles. The number of carbonyl (C=O) groups excluding carboxylic acids is 1. The van der Waals surface area contributed by atoms with Crippen molar-refractivity contribution >= 4 is 6.29 Å². The van der Waals surface area contributed by atoms with Crippen molar-refractivity contribution in [2.24, 2.45) is 0 Å². The van der Waals surface area contributed by atoms with E-state index in [0.717, 1.165) is 0 Å². The molecule has 13 heavy (non-hydrogen) atoms. The Balaban J connectivity index is 1.98. The third-order valence-electron chi connectivity index (χ3n) is 1.62. The summed E-state index contributed by atoms with van der Waals surface area (Å²) >= 11 is 0. The van der Waals surface area contributed by atoms with Crippen molar-refractivity contribution in [2.75, 3.05) is 6.73 Å². The van der Waals surface area contributed by atoms with Gasteiger partial charge in [-0.3, -0.25) is 4.79 Å². The summed E-state index contributed by atoms with van der Waals surface area (Å²) in [5.74, 6) is 0.347. The van der Waals surface area contributed by atoms with Gasteiger partial charge in [-0.1, -0.05) is 0 Å². The van der Waals surface area contributed by atoms with Crippen LogP contribution >= 0.6 is 0 Å². The molecule has 0 atom stereocenters. The van der Waals surface area contributed by atoms with Crippen molar-refractivity contribution in [1.82, 2.24) is 19.7 Å². The van der Waals surface area contributed by atoms with Crippen LogP contribution in [0.2, 0.25) is 0 Å². The van der Waals surface area contributed by atoms with E-state index in [9.17, 15) is 4.79 Å². The molecule has 0 saturated carbocycles. The smallest absolute Gasteiger partial charge is 0.186 e. The highest BCUT2D eigenvalue weighted by Gasteiger charge is 2.12. The standard InChI is InChI=1S/C7H8N4O2/c12-2-7-1-10(6-13-7)5-11-4-8-3-9-11/h1-4H,5-6H2. The Labute approximate surface area is 74.4 Å². The van der Waals surface area contributed by atoms with E-state index in [1.165, 1.54) is 6.33 Å². The van der Waals surface area contributed by atoms with E-state index in [1.807, 2.05) is 4.90 Å². The van der Waals surface area contributed by atoms with Crippen molar-refractivity contribution in [3.8, 4) is 0 Å². The molecule has 6 heteroatoms. The predicted molar refractivity (Wildman–Crippen MR) is 42.0 cm³/mol. The summed E-state index contributed by atoms with van der Waals surface area (Å²) in [7, 11) is 0. The number of hydrogen-bond acceptors (Lipinski definition) is 5. The maximum Gasteiger partial charge on any atom is 0.186 e. The van der Waals surface area contributed by atoms with Crippen LogP contribution in [0.1, 0.15) is 0 Å². The molecule has 0 amide bonds. The second-order valence-electron chi connectivity index (χ2n) is 2.59. The van der Waals surface area contributed by atoms with Crippen LogP contribution in [0.25, 0.3) is 0 Å². The van der Waals surface area contributed by atoms with Crippen molar-refractivity contribution in [1.29, 1.82) is 0 Å². The summed E-state index contributed by atoms with van der Waals surface area (Å²) in [6.07, 6.45) is 5.39. The Morgan fingerprint density at radius 2 is 2.62 bits per heavy atom. The van der Waals surface area contributed by atoms with Crippen molar-refractivity contribution in [3.05, 3.63) is 24.6 Å². The van der Waals surface area contributed by atoms with Crippen LogP contribution in [0, 0.1) is 0 Å². The molecule has 0 bridgehead atoms. The molecular weight excluding hydrogens is 172 g/mol. The van der Waals surface area contributed by atoms with E-state index >= 15 is 0 Å². The molecule has 1 aliphatic rings. The molecule has 0 unspecified atom stereocenters. The number of carbonyl (C=O) groups is 1. The summed E-state index contributed by atoms with van der Waals surface area (Å²) in [6.45, 7) is 0.922. The van der Waals surface area contributed by atoms with Crippen molar-refractivity contribution < 1.29 is 9.53 Å². The maximum absolute atomic E-state index is 10.3. The lowest BCUT2D eigenvalue weighted by Crippen LogP contribution is -2.19. The summed E-state index contributed by atoms with van der Waals surface area (Å²) in [4.78, 5) is 15.9. The van der Waals surface area contributed by atoms with Gasteiger partial charge in [0.05, 0.1) is 0 Å². The van der Waals surface area contributed by atoms with E-state index in [-0.39, 0.29) is 0 Å². The molecule has 0 N–H and O–H groups in total. The van der Waals surface area contributed by atoms with Gasteiger partial charge in [0.1, 0.15) is 19.3 Å². The van der Waals surface area contributed by atoms with Gasteiger partial charge in [0, 0.05) is 6.20 Å². The largest absolute Gasteiger partial charge is 0.468 e. The lowest BCUT2D eigenvalue weighted by Gasteiger charge is -2.11. The Bertz CT molecular complexity index is 319. The predicted octanol–water partition coefficient (Wildman–Crippen LogP) is -0.434. The lowest BCUT2D eigenvalue weighted by molar-refractivity contribution is -0.107. The van der Waals surface area contributed by atoms with Gasteiger partial charge in [0.25, 0.3) is 0 Å². The SMILES string of the molecule is O=CC1=CN(Cn2cncn2)CO1. The summed E-state index contributed by atoms with van der Waals surface area (Å²) < 4.78 is 6.67. The van der Waals surface area contributed by atoms with E-state index in [4.69, 9.17) is 4.74 Å². The van der Waals surface area contributed by atoms with E-state index < -0.39 is 0 Å². The van der Waals surface area contributed by atoms with Crippen molar-refractivity contribution in [2.45, 2.75) is 6.67 Å². The number of hydrogen-bond donors (Lipinski definition) is 0. The Morgan fingerprint density at radius 1 is 1.69 bits per heavy atom. The fourth-order valence-electron chi connectivity index (χ4n) is 1.05. The minimum atomic E-state index is 0.347. The molecule has 1 aromatic heterocycles. The van der Waals surface area contributed by atoms with E-state index in [1.54, 1.807) is 17.2 Å². The molecule has 1 aromatic rings. The first kappa shape index (κ1) is 7.78. The Morgan fingerprint density at radius 3 is 3.23 bits per heavy atom. The Hall–Kier alpha value is -1.85. The highest BCUT2D eigenvalue weighted by atomic mass is 16.5. The van der Waals surface area contributed by atoms with Gasteiger partial charge < -0.3 is 9.64 Å². The van der Waals surface area contributed by atoms with Crippen LogP contribution < -0.4 is 0 Å². The summed E-state index contributed by atoms with van der Waals surface area (Å²) in [5, 5.41) is 3.92. The van der Waals surface area contributed by atoms with Gasteiger partial charge in [0.2, 0.25) is 0 Å². The molecule has 0 saturated heterocycles. The monoisotopic (exact) mass is 180 g/mol. The third-order valence-corrected chi connectivity index (χ3v) is 1.62. The molecule has 0 aromatic carbocycles. The molecular formula is C7H8N4O2. The molecule has 0 radical (unpaired) electrons. The number of ether oxygens (including phenoxy) is 1. The molecule has 0 spiro atoms. The Kier molecular flexibility index (Phi) is 1.95. The normalized spacial score (nSPS) is 15.4. The van der Waals surface area contributed by atoms with Crippen LogP contribution in [-0.2, 0) is 16.2 Å². The van der Waals surface area contributed by atoms with Gasteiger partial charge in [-0.15, -0.1) is 0 Å². The zero-order chi connectivity index (χ0) is 9.10. The second kappa shape index (κ2) is 3.26. The van der Waals surface area contributed by atoms with Crippen molar-refractivity contribution in [3.63, 3.8) is 0 Å². The zero-order valence-corrected chi connectivity index (χ0v) is 6.83. The fourth-order valence-corrected chi connectivity index (χ4v) is 1.05. The lowest BCUT2D eigenvalue weighted by atomic mass is 10.6. The van der Waals surface area contributed by atoms with Gasteiger partial charge in [0.15, 0.2) is 18.8 Å². The minimum Gasteiger partial charge on any atom is -0.468 e. The first-order valence-electron chi connectivity index (χ1n) is 3.75. The minimum absolute atomic E-state index is 0.347. The number of aldehydes is 1. The number of aromatic nitrogens is 3. The van der Waals surface area contributed by atoms with Crippen LogP contribution in [0.3, 0.4) is 0 Å². The summed E-state index contributed by atoms with van der Waals surface area (Å²) in [5.41, 5.74) is 0. The quantitative estimate of drug-likeness (QED) is 0.590. The van der Waals surface area contributed by atoms with E-state index in [0.29, 0.717) is 25.4 Å².